The van der Waals surface area contributed by atoms with Crippen LogP contribution < -0.4 is 15.1 Å². The highest BCUT2D eigenvalue weighted by Gasteiger charge is 2.13. The van der Waals surface area contributed by atoms with E-state index in [1.807, 2.05) is 48.5 Å². The van der Waals surface area contributed by atoms with Crippen LogP contribution in [0.15, 0.2) is 77.9 Å². The number of ether oxygens (including phenoxy) is 2. The van der Waals surface area contributed by atoms with Crippen LogP contribution in [0.4, 0.5) is 5.69 Å². The molecular formula is C25H24ClN3O3. The number of carbonyl (C=O) groups excluding carboxylic acids is 1. The summed E-state index contributed by atoms with van der Waals surface area (Å²) in [6.45, 7) is 3.54. The molecule has 0 spiro atoms. The van der Waals surface area contributed by atoms with E-state index in [4.69, 9.17) is 21.1 Å². The number of anilines is 1. The first kappa shape index (κ1) is 21.9. The SMILES string of the molecule is O=C(N/N=C\c1ccc(N2CCOCC2)cc1)c1ccccc1OCc1ccccc1Cl. The molecule has 7 heteroatoms. The lowest BCUT2D eigenvalue weighted by Crippen LogP contribution is -2.36. The first-order chi connectivity index (χ1) is 15.7. The number of nitrogens with one attached hydrogen (secondary N) is 1. The monoisotopic (exact) mass is 449 g/mol. The summed E-state index contributed by atoms with van der Waals surface area (Å²) in [7, 11) is 0. The lowest BCUT2D eigenvalue weighted by Gasteiger charge is -2.28. The van der Waals surface area contributed by atoms with E-state index < -0.39 is 0 Å². The minimum Gasteiger partial charge on any atom is -0.488 e. The van der Waals surface area contributed by atoms with Gasteiger partial charge in [0.25, 0.3) is 5.91 Å². The van der Waals surface area contributed by atoms with Gasteiger partial charge in [0.1, 0.15) is 12.4 Å². The highest BCUT2D eigenvalue weighted by Crippen LogP contribution is 2.22. The number of morpholine rings is 1. The van der Waals surface area contributed by atoms with E-state index in [2.05, 4.69) is 15.4 Å². The number of carbonyl (C=O) groups is 1. The number of hydrogen-bond donors (Lipinski definition) is 1. The predicted molar refractivity (Wildman–Crippen MR) is 127 cm³/mol. The summed E-state index contributed by atoms with van der Waals surface area (Å²) in [5, 5.41) is 4.72. The normalized spacial score (nSPS) is 13.8. The fraction of sp³-hybridized carbons (Fsp3) is 0.200. The van der Waals surface area contributed by atoms with Crippen LogP contribution in [0.3, 0.4) is 0 Å². The van der Waals surface area contributed by atoms with E-state index in [1.54, 1.807) is 30.5 Å². The molecule has 6 nitrogen and oxygen atoms in total. The van der Waals surface area contributed by atoms with Crippen molar-refractivity contribution < 1.29 is 14.3 Å². The lowest BCUT2D eigenvalue weighted by molar-refractivity contribution is 0.0950. The molecule has 1 aliphatic rings. The van der Waals surface area contributed by atoms with Gasteiger partial charge in [0.2, 0.25) is 0 Å². The highest BCUT2D eigenvalue weighted by atomic mass is 35.5. The Morgan fingerprint density at radius 2 is 1.75 bits per heavy atom. The quantitative estimate of drug-likeness (QED) is 0.425. The van der Waals surface area contributed by atoms with Crippen LogP contribution in [0.2, 0.25) is 5.02 Å². The van der Waals surface area contributed by atoms with Crippen LogP contribution in [-0.2, 0) is 11.3 Å². The Hall–Kier alpha value is -3.35. The highest BCUT2D eigenvalue weighted by molar-refractivity contribution is 6.31. The molecule has 1 N–H and O–H groups in total. The van der Waals surface area contributed by atoms with Gasteiger partial charge in [0.15, 0.2) is 0 Å². The second kappa shape index (κ2) is 10.8. The second-order valence-electron chi connectivity index (χ2n) is 7.27. The van der Waals surface area contributed by atoms with Gasteiger partial charge < -0.3 is 14.4 Å². The smallest absolute Gasteiger partial charge is 0.275 e. The molecule has 0 aliphatic carbocycles. The molecule has 1 fully saturated rings. The Morgan fingerprint density at radius 1 is 1.03 bits per heavy atom. The van der Waals surface area contributed by atoms with Gasteiger partial charge in [-0.3, -0.25) is 4.79 Å². The number of para-hydroxylation sites is 1. The van der Waals surface area contributed by atoms with Crippen LogP contribution in [0.25, 0.3) is 0 Å². The molecule has 3 aromatic carbocycles. The fourth-order valence-corrected chi connectivity index (χ4v) is 3.56. The number of nitrogens with zero attached hydrogens (tertiary/aromatic N) is 2. The maximum Gasteiger partial charge on any atom is 0.275 e. The summed E-state index contributed by atoms with van der Waals surface area (Å²) >= 11 is 6.19. The molecule has 4 rings (SSSR count). The van der Waals surface area contributed by atoms with Gasteiger partial charge in [-0.1, -0.05) is 54.1 Å². The van der Waals surface area contributed by atoms with Crippen molar-refractivity contribution in [3.05, 3.63) is 94.5 Å². The van der Waals surface area contributed by atoms with Crippen LogP contribution in [0, 0.1) is 0 Å². The topological polar surface area (TPSA) is 63.2 Å². The van der Waals surface area contributed by atoms with Crippen molar-refractivity contribution in [1.82, 2.24) is 5.43 Å². The van der Waals surface area contributed by atoms with Gasteiger partial charge in [-0.15, -0.1) is 0 Å². The number of hydrazone groups is 1. The van der Waals surface area contributed by atoms with Gasteiger partial charge >= 0.3 is 0 Å². The number of rotatable bonds is 7. The first-order valence-corrected chi connectivity index (χ1v) is 10.8. The molecule has 1 aliphatic heterocycles. The molecule has 0 aromatic heterocycles. The summed E-state index contributed by atoms with van der Waals surface area (Å²) in [4.78, 5) is 14.9. The summed E-state index contributed by atoms with van der Waals surface area (Å²) in [5.41, 5.74) is 5.87. The molecule has 0 saturated carbocycles. The summed E-state index contributed by atoms with van der Waals surface area (Å²) in [6.07, 6.45) is 1.62. The van der Waals surface area contributed by atoms with Crippen molar-refractivity contribution in [2.75, 3.05) is 31.2 Å². The Labute approximate surface area is 192 Å². The number of amides is 1. The molecule has 3 aromatic rings. The Kier molecular flexibility index (Phi) is 7.38. The Bertz CT molecular complexity index is 1080. The Morgan fingerprint density at radius 3 is 2.53 bits per heavy atom. The molecule has 1 heterocycles. The van der Waals surface area contributed by atoms with E-state index in [0.717, 1.165) is 43.1 Å². The zero-order chi connectivity index (χ0) is 22.2. The average molecular weight is 450 g/mol. The number of halogens is 1. The summed E-state index contributed by atoms with van der Waals surface area (Å²) in [6, 6.07) is 22.5. The number of benzene rings is 3. The third-order valence-electron chi connectivity index (χ3n) is 5.12. The van der Waals surface area contributed by atoms with Gasteiger partial charge in [-0.25, -0.2) is 5.43 Å². The third-order valence-corrected chi connectivity index (χ3v) is 5.49. The van der Waals surface area contributed by atoms with Crippen LogP contribution in [0.5, 0.6) is 5.75 Å². The van der Waals surface area contributed by atoms with Crippen LogP contribution in [0.1, 0.15) is 21.5 Å². The van der Waals surface area contributed by atoms with Crippen LogP contribution >= 0.6 is 11.6 Å². The minimum atomic E-state index is -0.346. The van der Waals surface area contributed by atoms with Crippen LogP contribution in [-0.4, -0.2) is 38.4 Å². The van der Waals surface area contributed by atoms with E-state index in [1.165, 1.54) is 0 Å². The molecule has 0 radical (unpaired) electrons. The van der Waals surface area contributed by atoms with Crippen molar-refractivity contribution in [3.63, 3.8) is 0 Å². The zero-order valence-corrected chi connectivity index (χ0v) is 18.3. The second-order valence-corrected chi connectivity index (χ2v) is 7.67. The van der Waals surface area contributed by atoms with Crippen molar-refractivity contribution in [3.8, 4) is 5.75 Å². The summed E-state index contributed by atoms with van der Waals surface area (Å²) < 4.78 is 11.2. The Balaban J connectivity index is 1.35. The average Bonchev–Trinajstić information content (AvgIpc) is 2.85. The van der Waals surface area contributed by atoms with Gasteiger partial charge in [-0.2, -0.15) is 5.10 Å². The molecule has 0 bridgehead atoms. The van der Waals surface area contributed by atoms with Crippen molar-refractivity contribution in [2.24, 2.45) is 5.10 Å². The molecule has 32 heavy (non-hydrogen) atoms. The molecule has 1 amide bonds. The minimum absolute atomic E-state index is 0.267. The first-order valence-electron chi connectivity index (χ1n) is 10.4. The van der Waals surface area contributed by atoms with E-state index >= 15 is 0 Å². The van der Waals surface area contributed by atoms with Gasteiger partial charge in [-0.05, 0) is 35.9 Å². The third kappa shape index (κ3) is 5.66. The molecule has 0 atom stereocenters. The van der Waals surface area contributed by atoms with Crippen molar-refractivity contribution in [1.29, 1.82) is 0 Å². The maximum atomic E-state index is 12.6. The maximum absolute atomic E-state index is 12.6. The lowest BCUT2D eigenvalue weighted by atomic mass is 10.2. The predicted octanol–water partition coefficient (Wildman–Crippen LogP) is 4.52. The van der Waals surface area contributed by atoms with E-state index in [0.29, 0.717) is 16.3 Å². The van der Waals surface area contributed by atoms with Crippen molar-refractivity contribution >= 4 is 29.4 Å². The van der Waals surface area contributed by atoms with Gasteiger partial charge in [0, 0.05) is 29.4 Å². The molecular weight excluding hydrogens is 426 g/mol. The zero-order valence-electron chi connectivity index (χ0n) is 17.5. The molecule has 0 unspecified atom stereocenters. The largest absolute Gasteiger partial charge is 0.488 e. The van der Waals surface area contributed by atoms with E-state index in [9.17, 15) is 4.79 Å². The molecule has 1 saturated heterocycles. The summed E-state index contributed by atoms with van der Waals surface area (Å²) in [5.74, 6) is 0.121. The molecule has 164 valence electrons. The number of hydrogen-bond acceptors (Lipinski definition) is 5. The van der Waals surface area contributed by atoms with E-state index in [-0.39, 0.29) is 12.5 Å². The standard InChI is InChI=1S/C25H24ClN3O3/c26-23-7-3-1-5-20(23)18-32-24-8-4-2-6-22(24)25(30)28-27-17-19-9-11-21(12-10-19)29-13-15-31-16-14-29/h1-12,17H,13-16,18H2,(H,28,30)/b27-17-. The van der Waals surface area contributed by atoms with Crippen molar-refractivity contribution in [2.45, 2.75) is 6.61 Å². The van der Waals surface area contributed by atoms with Gasteiger partial charge in [0.05, 0.1) is 25.0 Å². The fourth-order valence-electron chi connectivity index (χ4n) is 3.37.